The molecule has 0 radical (unpaired) electrons. The molecule has 2 aromatic rings. The fourth-order valence-corrected chi connectivity index (χ4v) is 4.05. The van der Waals surface area contributed by atoms with Crippen molar-refractivity contribution < 1.29 is 22.7 Å². The fourth-order valence-electron chi connectivity index (χ4n) is 2.06. The summed E-state index contributed by atoms with van der Waals surface area (Å²) in [7, 11) is -3.88. The largest absolute Gasteiger partial charge is 0.482 e. The molecule has 0 saturated heterocycles. The van der Waals surface area contributed by atoms with Crippen LogP contribution < -0.4 is 14.2 Å². The van der Waals surface area contributed by atoms with E-state index < -0.39 is 28.1 Å². The van der Waals surface area contributed by atoms with Gasteiger partial charge in [0.05, 0.1) is 0 Å². The lowest BCUT2D eigenvalue weighted by Gasteiger charge is -2.30. The van der Waals surface area contributed by atoms with E-state index in [4.69, 9.17) is 9.47 Å². The van der Waals surface area contributed by atoms with E-state index in [0.717, 1.165) is 11.3 Å². The number of hydrogen-bond acceptors (Lipinski definition) is 6. The summed E-state index contributed by atoms with van der Waals surface area (Å²) >= 11 is 1.03. The molecule has 0 fully saturated rings. The van der Waals surface area contributed by atoms with Crippen LogP contribution in [0.5, 0.6) is 11.5 Å². The highest BCUT2D eigenvalue weighted by Gasteiger charge is 2.36. The summed E-state index contributed by atoms with van der Waals surface area (Å²) in [6.07, 6.45) is -1.64. The minimum atomic E-state index is -3.88. The Kier molecular flexibility index (Phi) is 3.79. The van der Waals surface area contributed by atoms with Crippen LogP contribution in [0.15, 0.2) is 46.0 Å². The number of ether oxygens (including phenoxy) is 2. The lowest BCUT2D eigenvalue weighted by molar-refractivity contribution is -0.131. The van der Waals surface area contributed by atoms with E-state index in [1.54, 1.807) is 42.6 Å². The highest BCUT2D eigenvalue weighted by molar-refractivity contribution is 7.92. The molecule has 1 aliphatic rings. The first-order chi connectivity index (χ1) is 10.5. The Labute approximate surface area is 131 Å². The molecule has 2 atom stereocenters. The van der Waals surface area contributed by atoms with E-state index in [1.807, 2.05) is 4.72 Å². The van der Waals surface area contributed by atoms with Crippen LogP contribution in [-0.4, -0.2) is 26.5 Å². The van der Waals surface area contributed by atoms with Gasteiger partial charge >= 0.3 is 0 Å². The summed E-state index contributed by atoms with van der Waals surface area (Å²) in [5.74, 6) is 0.185. The molecule has 1 aliphatic heterocycles. The zero-order valence-corrected chi connectivity index (χ0v) is 13.2. The van der Waals surface area contributed by atoms with E-state index in [-0.39, 0.29) is 4.21 Å². The first-order valence-corrected chi connectivity index (χ1v) is 8.86. The summed E-state index contributed by atoms with van der Waals surface area (Å²) in [6, 6.07) is 9.95. The number of rotatable bonds is 3. The number of para-hydroxylation sites is 2. The van der Waals surface area contributed by atoms with Gasteiger partial charge < -0.3 is 9.47 Å². The van der Waals surface area contributed by atoms with Crippen molar-refractivity contribution in [1.29, 1.82) is 0 Å². The number of sulfonamides is 1. The maximum absolute atomic E-state index is 12.2. The summed E-state index contributed by atoms with van der Waals surface area (Å²) in [5.41, 5.74) is 0. The number of carbonyl (C=O) groups excluding carboxylic acids is 1. The molecule has 1 aromatic carbocycles. The summed E-state index contributed by atoms with van der Waals surface area (Å²) < 4.78 is 37.4. The van der Waals surface area contributed by atoms with Gasteiger partial charge in [-0.25, -0.2) is 13.1 Å². The third-order valence-corrected chi connectivity index (χ3v) is 5.84. The molecule has 0 spiro atoms. The van der Waals surface area contributed by atoms with Crippen molar-refractivity contribution in [2.24, 2.45) is 0 Å². The molecule has 0 unspecified atom stereocenters. The molecule has 1 aromatic heterocycles. The number of carbonyl (C=O) groups is 1. The summed E-state index contributed by atoms with van der Waals surface area (Å²) in [4.78, 5) is 12.2. The highest BCUT2D eigenvalue weighted by atomic mass is 32.2. The maximum atomic E-state index is 12.2. The second-order valence-electron chi connectivity index (χ2n) is 4.71. The normalized spacial score (nSPS) is 20.4. The molecule has 2 heterocycles. The minimum absolute atomic E-state index is 0.0747. The number of benzene rings is 1. The van der Waals surface area contributed by atoms with Crippen molar-refractivity contribution in [3.05, 3.63) is 41.8 Å². The lowest BCUT2D eigenvalue weighted by atomic mass is 10.2. The Morgan fingerprint density at radius 3 is 2.45 bits per heavy atom. The molecular weight excluding hydrogens is 326 g/mol. The molecule has 0 bridgehead atoms. The first kappa shape index (κ1) is 14.9. The summed E-state index contributed by atoms with van der Waals surface area (Å²) in [6.45, 7) is 1.65. The summed E-state index contributed by atoms with van der Waals surface area (Å²) in [5, 5.41) is 1.62. The molecule has 116 valence electrons. The third kappa shape index (κ3) is 2.79. The fraction of sp³-hybridized carbons (Fsp3) is 0.214. The van der Waals surface area contributed by atoms with Gasteiger partial charge in [0.1, 0.15) is 10.3 Å². The van der Waals surface area contributed by atoms with Crippen LogP contribution >= 0.6 is 11.3 Å². The van der Waals surface area contributed by atoms with Gasteiger partial charge in [0.2, 0.25) is 6.10 Å². The Morgan fingerprint density at radius 2 is 1.82 bits per heavy atom. The van der Waals surface area contributed by atoms with Crippen LogP contribution in [0.2, 0.25) is 0 Å². The predicted octanol–water partition coefficient (Wildman–Crippen LogP) is 1.78. The van der Waals surface area contributed by atoms with Crippen LogP contribution in [0.1, 0.15) is 6.92 Å². The van der Waals surface area contributed by atoms with Crippen molar-refractivity contribution in [3.8, 4) is 11.5 Å². The first-order valence-electron chi connectivity index (χ1n) is 6.50. The molecule has 0 saturated carbocycles. The Hall–Kier alpha value is -2.06. The number of amides is 1. The Morgan fingerprint density at radius 1 is 1.14 bits per heavy atom. The monoisotopic (exact) mass is 339 g/mol. The minimum Gasteiger partial charge on any atom is -0.482 e. The van der Waals surface area contributed by atoms with Gasteiger partial charge in [0.15, 0.2) is 11.5 Å². The van der Waals surface area contributed by atoms with Gasteiger partial charge in [-0.05, 0) is 30.5 Å². The third-order valence-electron chi connectivity index (χ3n) is 3.10. The quantitative estimate of drug-likeness (QED) is 0.922. The number of thiophene rings is 1. The van der Waals surface area contributed by atoms with Crippen LogP contribution in [0, 0.1) is 0 Å². The van der Waals surface area contributed by atoms with Crippen molar-refractivity contribution in [1.82, 2.24) is 4.72 Å². The van der Waals surface area contributed by atoms with Crippen molar-refractivity contribution >= 4 is 27.3 Å². The standard InChI is InChI=1S/C14H13NO5S2/c1-9-13(20-11-6-3-2-5-10(11)19-9)14(16)15-22(17,18)12-7-4-8-21-12/h2-9,13H,1H3,(H,15,16)/t9-,13-/m1/s1. The van der Waals surface area contributed by atoms with E-state index in [0.29, 0.717) is 11.5 Å². The lowest BCUT2D eigenvalue weighted by Crippen LogP contribution is -2.50. The van der Waals surface area contributed by atoms with Gasteiger partial charge in [0.25, 0.3) is 15.9 Å². The van der Waals surface area contributed by atoms with E-state index in [2.05, 4.69) is 0 Å². The number of hydrogen-bond donors (Lipinski definition) is 1. The second kappa shape index (κ2) is 5.62. The van der Waals surface area contributed by atoms with Gasteiger partial charge in [-0.2, -0.15) is 0 Å². The van der Waals surface area contributed by atoms with Gasteiger partial charge in [-0.15, -0.1) is 11.3 Å². The molecular formula is C14H13NO5S2. The molecule has 1 amide bonds. The highest BCUT2D eigenvalue weighted by Crippen LogP contribution is 2.33. The van der Waals surface area contributed by atoms with Gasteiger partial charge in [0, 0.05) is 0 Å². The Balaban J connectivity index is 1.79. The molecule has 8 heteroatoms. The van der Waals surface area contributed by atoms with E-state index in [1.165, 1.54) is 6.07 Å². The smallest absolute Gasteiger partial charge is 0.278 e. The van der Waals surface area contributed by atoms with Crippen molar-refractivity contribution in [2.75, 3.05) is 0 Å². The van der Waals surface area contributed by atoms with Gasteiger partial charge in [-0.1, -0.05) is 18.2 Å². The van der Waals surface area contributed by atoms with E-state index >= 15 is 0 Å². The SMILES string of the molecule is C[C@H]1Oc2ccccc2O[C@H]1C(=O)NS(=O)(=O)c1cccs1. The van der Waals surface area contributed by atoms with Crippen LogP contribution in [0.4, 0.5) is 0 Å². The van der Waals surface area contributed by atoms with Crippen molar-refractivity contribution in [3.63, 3.8) is 0 Å². The van der Waals surface area contributed by atoms with Crippen LogP contribution in [0.3, 0.4) is 0 Å². The molecule has 3 rings (SSSR count). The average molecular weight is 339 g/mol. The molecule has 1 N–H and O–H groups in total. The van der Waals surface area contributed by atoms with E-state index in [9.17, 15) is 13.2 Å². The van der Waals surface area contributed by atoms with Crippen molar-refractivity contribution in [2.45, 2.75) is 23.3 Å². The Bertz CT molecular complexity index is 785. The second-order valence-corrected chi connectivity index (χ2v) is 7.57. The van der Waals surface area contributed by atoms with Crippen LogP contribution in [0.25, 0.3) is 0 Å². The zero-order chi connectivity index (χ0) is 15.7. The molecule has 22 heavy (non-hydrogen) atoms. The zero-order valence-electron chi connectivity index (χ0n) is 11.6. The number of fused-ring (bicyclic) bond motifs is 1. The number of nitrogens with one attached hydrogen (secondary N) is 1. The topological polar surface area (TPSA) is 81.7 Å². The average Bonchev–Trinajstić information content (AvgIpc) is 3.01. The molecule has 6 nitrogen and oxygen atoms in total. The molecule has 0 aliphatic carbocycles. The predicted molar refractivity (Wildman–Crippen MR) is 80.6 cm³/mol. The maximum Gasteiger partial charge on any atom is 0.278 e. The van der Waals surface area contributed by atoms with Crippen LogP contribution in [-0.2, 0) is 14.8 Å². The van der Waals surface area contributed by atoms with Gasteiger partial charge in [-0.3, -0.25) is 4.79 Å².